The fourth-order valence-electron chi connectivity index (χ4n) is 4.22. The fourth-order valence-corrected chi connectivity index (χ4v) is 6.06. The Morgan fingerprint density at radius 1 is 1.17 bits per heavy atom. The first kappa shape index (κ1) is 25.3. The van der Waals surface area contributed by atoms with Gasteiger partial charge >= 0.3 is 5.97 Å². The van der Waals surface area contributed by atoms with Crippen LogP contribution in [0.15, 0.2) is 70.5 Å². The summed E-state index contributed by atoms with van der Waals surface area (Å²) in [7, 11) is -1.74. The van der Waals surface area contributed by atoms with Crippen LogP contribution in [0.5, 0.6) is 5.75 Å². The zero-order valence-corrected chi connectivity index (χ0v) is 20.9. The smallest absolute Gasteiger partial charge is 0.304 e. The predicted molar refractivity (Wildman–Crippen MR) is 135 cm³/mol. The van der Waals surface area contributed by atoms with Crippen LogP contribution >= 0.6 is 22.4 Å². The lowest BCUT2D eigenvalue weighted by Crippen LogP contribution is -2.33. The number of carbonyl (C=O) groups is 1. The van der Waals surface area contributed by atoms with E-state index in [2.05, 4.69) is 0 Å². The molecule has 186 valence electrons. The van der Waals surface area contributed by atoms with Crippen molar-refractivity contribution in [3.63, 3.8) is 0 Å². The topological polar surface area (TPSA) is 112 Å². The molecule has 0 bridgehead atoms. The molecule has 4 rings (SSSR count). The molecule has 0 radical (unpaired) electrons. The van der Waals surface area contributed by atoms with Gasteiger partial charge in [-0.05, 0) is 47.9 Å². The number of nitrogens with zero attached hydrogens (tertiary/aromatic N) is 2. The Kier molecular flexibility index (Phi) is 7.25. The average molecular weight is 519 g/mol. The number of carboxylic acids is 1. The molecule has 3 aromatic rings. The number of benzene rings is 2. The Morgan fingerprint density at radius 2 is 1.89 bits per heavy atom. The zero-order valence-electron chi connectivity index (χ0n) is 19.3. The SMILES string of the molecule is CC1CN(Cc2cc(C(CC(=O)O)c3ccn(C)c(=O)c3)ccc2Cl)S(O)(O)c2ccccc2O1. The van der Waals surface area contributed by atoms with Crippen LogP contribution in [0.25, 0.3) is 0 Å². The molecule has 0 fully saturated rings. The van der Waals surface area contributed by atoms with Crippen molar-refractivity contribution in [3.8, 4) is 5.75 Å². The number of rotatable bonds is 6. The van der Waals surface area contributed by atoms with Gasteiger partial charge in [0.2, 0.25) is 0 Å². The van der Waals surface area contributed by atoms with E-state index in [1.807, 2.05) is 6.92 Å². The standard InChI is InChI=1S/C25H27ClN2O6S/c1-16-14-28(35(32,33)23-6-4-3-5-22(23)34-16)15-19-11-17(7-8-21(19)26)20(13-25(30)31)18-9-10-27(2)24(29)12-18/h3-12,16,20,32-33H,13-15H2,1-2H3,(H,30,31). The second kappa shape index (κ2) is 10.0. The first-order valence-corrected chi connectivity index (χ1v) is 12.9. The number of hydrogen-bond donors (Lipinski definition) is 3. The summed E-state index contributed by atoms with van der Waals surface area (Å²) in [6.07, 6.45) is 1.08. The lowest BCUT2D eigenvalue weighted by Gasteiger charge is -2.41. The third kappa shape index (κ3) is 5.39. The van der Waals surface area contributed by atoms with Crippen molar-refractivity contribution in [3.05, 3.63) is 92.9 Å². The predicted octanol–water partition coefficient (Wildman–Crippen LogP) is 4.95. The normalized spacial score (nSPS) is 19.2. The van der Waals surface area contributed by atoms with Gasteiger partial charge in [-0.15, -0.1) is 10.8 Å². The molecule has 35 heavy (non-hydrogen) atoms. The fraction of sp³-hybridized carbons (Fsp3) is 0.280. The summed E-state index contributed by atoms with van der Waals surface area (Å²) in [5.74, 6) is -1.16. The summed E-state index contributed by atoms with van der Waals surface area (Å²) in [6, 6.07) is 15.2. The Hall–Kier alpha value is -2.82. The molecule has 10 heteroatoms. The van der Waals surface area contributed by atoms with E-state index in [-0.39, 0.29) is 31.2 Å². The number of aromatic nitrogens is 1. The van der Waals surface area contributed by atoms with Crippen molar-refractivity contribution in [2.24, 2.45) is 7.05 Å². The third-order valence-corrected chi connectivity index (χ3v) is 8.32. The van der Waals surface area contributed by atoms with Crippen LogP contribution in [0.3, 0.4) is 0 Å². The number of aryl methyl sites for hydroxylation is 1. The lowest BCUT2D eigenvalue weighted by atomic mass is 9.88. The second-order valence-corrected chi connectivity index (χ2v) is 11.0. The van der Waals surface area contributed by atoms with Crippen molar-refractivity contribution < 1.29 is 23.7 Å². The van der Waals surface area contributed by atoms with E-state index in [4.69, 9.17) is 16.3 Å². The van der Waals surface area contributed by atoms with Crippen molar-refractivity contribution in [1.82, 2.24) is 8.87 Å². The van der Waals surface area contributed by atoms with Crippen LogP contribution in [-0.2, 0) is 18.4 Å². The maximum atomic E-state index is 12.2. The number of carboxylic acid groups (broad SMARTS) is 1. The molecule has 0 saturated heterocycles. The van der Waals surface area contributed by atoms with Gasteiger partial charge < -0.3 is 14.4 Å². The summed E-state index contributed by atoms with van der Waals surface area (Å²) >= 11 is 6.51. The summed E-state index contributed by atoms with van der Waals surface area (Å²) in [5, 5.41) is 9.95. The average Bonchev–Trinajstić information content (AvgIpc) is 2.89. The molecule has 1 aromatic heterocycles. The number of fused-ring (bicyclic) bond motifs is 1. The molecule has 1 aliphatic rings. The number of aliphatic carboxylic acids is 1. The van der Waals surface area contributed by atoms with E-state index in [0.29, 0.717) is 32.4 Å². The molecule has 2 heterocycles. The van der Waals surface area contributed by atoms with Gasteiger partial charge in [0.1, 0.15) is 16.7 Å². The highest BCUT2D eigenvalue weighted by Gasteiger charge is 2.34. The molecular weight excluding hydrogens is 492 g/mol. The van der Waals surface area contributed by atoms with Gasteiger partial charge in [-0.3, -0.25) is 18.7 Å². The summed E-state index contributed by atoms with van der Waals surface area (Å²) in [4.78, 5) is 24.2. The highest BCUT2D eigenvalue weighted by Crippen LogP contribution is 2.57. The first-order chi connectivity index (χ1) is 16.6. The minimum Gasteiger partial charge on any atom is -0.487 e. The Labute approximate surface area is 209 Å². The maximum absolute atomic E-state index is 12.2. The van der Waals surface area contributed by atoms with Gasteiger partial charge in [-0.25, -0.2) is 0 Å². The summed E-state index contributed by atoms with van der Waals surface area (Å²) in [6.45, 7) is 2.19. The van der Waals surface area contributed by atoms with Gasteiger partial charge in [-0.1, -0.05) is 35.9 Å². The largest absolute Gasteiger partial charge is 0.487 e. The van der Waals surface area contributed by atoms with Crippen LogP contribution in [0.1, 0.15) is 36.0 Å². The summed E-state index contributed by atoms with van der Waals surface area (Å²) in [5.41, 5.74) is 1.61. The van der Waals surface area contributed by atoms with Crippen molar-refractivity contribution in [2.45, 2.75) is 36.8 Å². The molecule has 2 atom stereocenters. The van der Waals surface area contributed by atoms with Gasteiger partial charge in [0.25, 0.3) is 5.56 Å². The van der Waals surface area contributed by atoms with Gasteiger partial charge in [0.15, 0.2) is 0 Å². The van der Waals surface area contributed by atoms with Gasteiger partial charge in [0.05, 0.1) is 13.0 Å². The van der Waals surface area contributed by atoms with Crippen molar-refractivity contribution in [1.29, 1.82) is 0 Å². The quantitative estimate of drug-likeness (QED) is 0.423. The molecule has 3 N–H and O–H groups in total. The third-order valence-electron chi connectivity index (χ3n) is 6.02. The lowest BCUT2D eigenvalue weighted by molar-refractivity contribution is -0.137. The Bertz CT molecular complexity index is 1310. The zero-order chi connectivity index (χ0) is 25.3. The van der Waals surface area contributed by atoms with Crippen LogP contribution < -0.4 is 10.3 Å². The van der Waals surface area contributed by atoms with E-state index < -0.39 is 22.7 Å². The van der Waals surface area contributed by atoms with Crippen LogP contribution in [0, 0.1) is 0 Å². The molecule has 0 saturated carbocycles. The highest BCUT2D eigenvalue weighted by molar-refractivity contribution is 8.22. The number of halogens is 1. The van der Waals surface area contributed by atoms with E-state index in [1.54, 1.807) is 66.1 Å². The Balaban J connectivity index is 1.72. The molecule has 2 unspecified atom stereocenters. The van der Waals surface area contributed by atoms with Crippen LogP contribution in [0.4, 0.5) is 0 Å². The van der Waals surface area contributed by atoms with E-state index in [9.17, 15) is 23.8 Å². The number of ether oxygens (including phenoxy) is 1. The van der Waals surface area contributed by atoms with Crippen molar-refractivity contribution in [2.75, 3.05) is 6.54 Å². The molecule has 0 amide bonds. The van der Waals surface area contributed by atoms with E-state index in [0.717, 1.165) is 0 Å². The van der Waals surface area contributed by atoms with Gasteiger partial charge in [0, 0.05) is 36.8 Å². The van der Waals surface area contributed by atoms with Crippen LogP contribution in [0.2, 0.25) is 5.02 Å². The molecular formula is C25H27ClN2O6S. The maximum Gasteiger partial charge on any atom is 0.304 e. The van der Waals surface area contributed by atoms with E-state index in [1.165, 1.54) is 10.6 Å². The molecule has 8 nitrogen and oxygen atoms in total. The number of para-hydroxylation sites is 1. The highest BCUT2D eigenvalue weighted by atomic mass is 35.5. The first-order valence-electron chi connectivity index (χ1n) is 11.0. The molecule has 2 aromatic carbocycles. The minimum absolute atomic E-state index is 0.105. The minimum atomic E-state index is -3.37. The number of pyridine rings is 1. The second-order valence-electron chi connectivity index (χ2n) is 8.63. The van der Waals surface area contributed by atoms with Gasteiger partial charge in [-0.2, -0.15) is 4.31 Å². The molecule has 0 spiro atoms. The molecule has 1 aliphatic heterocycles. The van der Waals surface area contributed by atoms with Crippen LogP contribution in [-0.4, -0.2) is 41.7 Å². The van der Waals surface area contributed by atoms with E-state index >= 15 is 0 Å². The summed E-state index contributed by atoms with van der Waals surface area (Å²) < 4.78 is 31.3. The Morgan fingerprint density at radius 3 is 2.60 bits per heavy atom. The number of hydrogen-bond acceptors (Lipinski definition) is 6. The monoisotopic (exact) mass is 518 g/mol. The molecule has 0 aliphatic carbocycles. The van der Waals surface area contributed by atoms with Crippen molar-refractivity contribution >= 4 is 28.3 Å².